The second-order valence-electron chi connectivity index (χ2n) is 12.5. The highest BCUT2D eigenvalue weighted by molar-refractivity contribution is 5.89. The number of unbranched alkanes of at least 4 members (excludes halogenated alkanes) is 2. The zero-order valence-corrected chi connectivity index (χ0v) is 29.3. The van der Waals surface area contributed by atoms with Gasteiger partial charge in [-0.2, -0.15) is 0 Å². The van der Waals surface area contributed by atoms with E-state index in [1.165, 1.54) is 23.1 Å². The number of hydrogen-bond donors (Lipinski definition) is 3. The van der Waals surface area contributed by atoms with Gasteiger partial charge in [-0.3, -0.25) is 4.79 Å². The fourth-order valence-corrected chi connectivity index (χ4v) is 6.49. The summed E-state index contributed by atoms with van der Waals surface area (Å²) in [5.74, 6) is 0.428. The monoisotopic (exact) mass is 638 g/mol. The highest BCUT2D eigenvalue weighted by Crippen LogP contribution is 2.30. The van der Waals surface area contributed by atoms with Gasteiger partial charge in [0.1, 0.15) is 5.78 Å². The van der Waals surface area contributed by atoms with Gasteiger partial charge in [-0.05, 0) is 92.1 Å². The summed E-state index contributed by atoms with van der Waals surface area (Å²) in [6.45, 7) is 11.3. The normalized spacial score (nSPS) is 15.6. The topological polar surface area (TPSA) is 87.5 Å². The lowest BCUT2D eigenvalue weighted by Gasteiger charge is -2.35. The predicted molar refractivity (Wildman–Crippen MR) is 198 cm³/mol. The molecule has 2 amide bonds. The maximum absolute atomic E-state index is 13.4. The molecule has 0 bridgehead atoms. The van der Waals surface area contributed by atoms with Crippen LogP contribution in [0.15, 0.2) is 90.2 Å². The van der Waals surface area contributed by atoms with Crippen LogP contribution in [0, 0.1) is 12.8 Å². The smallest absolute Gasteiger partial charge is 0.322 e. The maximum atomic E-state index is 13.4. The lowest BCUT2D eigenvalue weighted by Crippen LogP contribution is -2.48. The molecular weight excluding hydrogens is 580 g/mol. The molecule has 4 N–H and O–H groups in total. The third kappa shape index (κ3) is 12.4. The number of anilines is 1. The van der Waals surface area contributed by atoms with Crippen molar-refractivity contribution in [2.45, 2.75) is 97.4 Å². The molecule has 2 aromatic rings. The summed E-state index contributed by atoms with van der Waals surface area (Å²) >= 11 is 0. The number of carbonyl (C=O) groups excluding carboxylic acids is 2. The van der Waals surface area contributed by atoms with E-state index in [1.807, 2.05) is 79.5 Å². The number of urea groups is 1. The number of amides is 2. The molecule has 47 heavy (non-hydrogen) atoms. The minimum atomic E-state index is -0.0329. The van der Waals surface area contributed by atoms with Gasteiger partial charge in [0.15, 0.2) is 0 Å². The number of nitrogens with two attached hydrogens (primary N) is 1. The molecule has 0 radical (unpaired) electrons. The van der Waals surface area contributed by atoms with Gasteiger partial charge in [-0.1, -0.05) is 101 Å². The summed E-state index contributed by atoms with van der Waals surface area (Å²) in [4.78, 5) is 28.9. The van der Waals surface area contributed by atoms with Gasteiger partial charge in [-0.15, -0.1) is 5.73 Å². The molecule has 0 unspecified atom stereocenters. The molecule has 4 rings (SSSR count). The Morgan fingerprint density at radius 2 is 1.74 bits per heavy atom. The number of ketones is 1. The molecule has 1 fully saturated rings. The van der Waals surface area contributed by atoms with Crippen LogP contribution < -0.4 is 16.4 Å². The van der Waals surface area contributed by atoms with Crippen molar-refractivity contribution in [2.24, 2.45) is 11.7 Å². The van der Waals surface area contributed by atoms with E-state index in [9.17, 15) is 9.59 Å². The molecule has 1 aliphatic carbocycles. The molecule has 0 spiro atoms. The number of hydrogen-bond acceptors (Lipinski definition) is 4. The lowest BCUT2D eigenvalue weighted by atomic mass is 9.84. The molecule has 0 saturated carbocycles. The third-order valence-electron chi connectivity index (χ3n) is 9.17. The van der Waals surface area contributed by atoms with Crippen molar-refractivity contribution in [3.8, 4) is 0 Å². The van der Waals surface area contributed by atoms with Gasteiger partial charge in [-0.25, -0.2) is 4.79 Å². The Balaban J connectivity index is 0.00000294. The summed E-state index contributed by atoms with van der Waals surface area (Å²) in [5.41, 5.74) is 14.9. The van der Waals surface area contributed by atoms with E-state index in [1.54, 1.807) is 0 Å². The van der Waals surface area contributed by atoms with Gasteiger partial charge in [0.25, 0.3) is 0 Å². The Kier molecular flexibility index (Phi) is 17.1. The van der Waals surface area contributed by atoms with Crippen LogP contribution in [0.5, 0.6) is 0 Å². The van der Waals surface area contributed by atoms with Crippen LogP contribution in [-0.2, 0) is 11.2 Å². The number of nitrogens with one attached hydrogen (secondary N) is 2. The molecule has 6 nitrogen and oxygen atoms in total. The molecule has 1 aliphatic heterocycles. The lowest BCUT2D eigenvalue weighted by molar-refractivity contribution is -0.120. The van der Waals surface area contributed by atoms with Gasteiger partial charge < -0.3 is 21.3 Å². The average molecular weight is 639 g/mol. The highest BCUT2D eigenvalue weighted by Gasteiger charge is 2.26. The molecular formula is C41H58N4O2. The Morgan fingerprint density at radius 1 is 1.00 bits per heavy atom. The van der Waals surface area contributed by atoms with Crippen LogP contribution in [0.3, 0.4) is 0 Å². The first-order valence-electron chi connectivity index (χ1n) is 17.9. The minimum absolute atomic E-state index is 0.0210. The number of aryl methyl sites for hydroxylation is 1. The van der Waals surface area contributed by atoms with Crippen molar-refractivity contribution in [1.82, 2.24) is 10.2 Å². The third-order valence-corrected chi connectivity index (χ3v) is 9.17. The van der Waals surface area contributed by atoms with Gasteiger partial charge >= 0.3 is 6.03 Å². The standard InChI is InChI=1S/C39H52N4O2.C2H6/c1-3-4-8-15-33(27-38(44)28-35(29-40)32-13-9-5-6-10-14-32)34-19-18-31(30(2)26-34)22-25-43(37-20-23-41-24-21-37)39(45)42-36-16-11-7-12-17-36;1-2/h5-7,9-13,16-19,26,33,35,37,41H,3-4,8,15,20-25,27-29,40H2,1-2H3,(H,42,45);1-2H3/t33-,35+;/m1./s1. The first kappa shape index (κ1) is 37.8. The van der Waals surface area contributed by atoms with E-state index in [2.05, 4.69) is 48.4 Å². The van der Waals surface area contributed by atoms with Crippen LogP contribution in [0.1, 0.15) is 94.7 Å². The number of benzene rings is 2. The van der Waals surface area contributed by atoms with Gasteiger partial charge in [0.2, 0.25) is 0 Å². The molecule has 2 atom stereocenters. The van der Waals surface area contributed by atoms with Crippen LogP contribution >= 0.6 is 0 Å². The fraction of sp³-hybridized carbons (Fsp3) is 0.488. The number of carbonyl (C=O) groups is 2. The summed E-state index contributed by atoms with van der Waals surface area (Å²) in [6, 6.07) is 16.6. The minimum Gasteiger partial charge on any atom is -0.330 e. The number of para-hydroxylation sites is 1. The van der Waals surface area contributed by atoms with E-state index < -0.39 is 0 Å². The molecule has 254 valence electrons. The molecule has 2 aliphatic rings. The van der Waals surface area contributed by atoms with Crippen molar-refractivity contribution in [2.75, 3.05) is 31.5 Å². The first-order valence-corrected chi connectivity index (χ1v) is 17.9. The van der Waals surface area contributed by atoms with E-state index in [0.29, 0.717) is 25.9 Å². The number of rotatable bonds is 16. The first-order chi connectivity index (χ1) is 23.0. The van der Waals surface area contributed by atoms with Crippen LogP contribution in [0.25, 0.3) is 0 Å². The molecule has 0 aromatic heterocycles. The van der Waals surface area contributed by atoms with Gasteiger partial charge in [0.05, 0.1) is 0 Å². The Bertz CT molecular complexity index is 1370. The second kappa shape index (κ2) is 21.2. The maximum Gasteiger partial charge on any atom is 0.322 e. The fourth-order valence-electron chi connectivity index (χ4n) is 6.49. The largest absolute Gasteiger partial charge is 0.330 e. The molecule has 1 heterocycles. The Morgan fingerprint density at radius 3 is 2.45 bits per heavy atom. The van der Waals surface area contributed by atoms with E-state index in [-0.39, 0.29) is 29.7 Å². The zero-order valence-electron chi connectivity index (χ0n) is 29.3. The Hall–Kier alpha value is -3.70. The predicted octanol–water partition coefficient (Wildman–Crippen LogP) is 8.65. The SMILES string of the molecule is CC.CCCCC[C@H](CC(=O)C[C@@H](CN)C1=C=CC=CC=C1)c1ccc(CCN(C(=O)Nc2ccccc2)C2CCNCC2)c(C)c1. The summed E-state index contributed by atoms with van der Waals surface area (Å²) in [5, 5.41) is 6.53. The second-order valence-corrected chi connectivity index (χ2v) is 12.5. The quantitative estimate of drug-likeness (QED) is 0.127. The average Bonchev–Trinajstić information content (AvgIpc) is 3.39. The highest BCUT2D eigenvalue weighted by atomic mass is 16.2. The van der Waals surface area contributed by atoms with Crippen LogP contribution in [0.4, 0.5) is 10.5 Å². The van der Waals surface area contributed by atoms with Crippen molar-refractivity contribution in [3.63, 3.8) is 0 Å². The van der Waals surface area contributed by atoms with E-state index >= 15 is 0 Å². The summed E-state index contributed by atoms with van der Waals surface area (Å²) < 4.78 is 0. The van der Waals surface area contributed by atoms with E-state index in [4.69, 9.17) is 5.73 Å². The van der Waals surface area contributed by atoms with Crippen molar-refractivity contribution in [1.29, 1.82) is 0 Å². The molecule has 6 heteroatoms. The van der Waals surface area contributed by atoms with Crippen LogP contribution in [-0.4, -0.2) is 48.9 Å². The Labute approximate surface area is 284 Å². The summed E-state index contributed by atoms with van der Waals surface area (Å²) in [7, 11) is 0. The zero-order chi connectivity index (χ0) is 33.9. The number of piperidine rings is 1. The number of allylic oxidation sites excluding steroid dienone is 4. The molecule has 1 saturated heterocycles. The van der Waals surface area contributed by atoms with Crippen LogP contribution in [0.2, 0.25) is 0 Å². The molecule has 2 aromatic carbocycles. The number of Topliss-reactive ketones (excluding diaryl/α,β-unsaturated/α-hetero) is 1. The number of nitrogens with zero attached hydrogens (tertiary/aromatic N) is 1. The van der Waals surface area contributed by atoms with Crippen molar-refractivity contribution in [3.05, 3.63) is 107 Å². The van der Waals surface area contributed by atoms with Crippen molar-refractivity contribution >= 4 is 17.5 Å². The van der Waals surface area contributed by atoms with Gasteiger partial charge in [0, 0.05) is 43.6 Å². The summed E-state index contributed by atoms with van der Waals surface area (Å²) in [6.07, 6.45) is 17.9. The van der Waals surface area contributed by atoms with E-state index in [0.717, 1.165) is 62.9 Å². The van der Waals surface area contributed by atoms with Crippen molar-refractivity contribution < 1.29 is 9.59 Å².